The van der Waals surface area contributed by atoms with Crippen molar-refractivity contribution < 1.29 is 19.8 Å². The second kappa shape index (κ2) is 5.61. The van der Waals surface area contributed by atoms with E-state index in [1.165, 1.54) is 12.1 Å². The van der Waals surface area contributed by atoms with E-state index in [-0.39, 0.29) is 11.6 Å². The first kappa shape index (κ1) is 14.8. The van der Waals surface area contributed by atoms with Gasteiger partial charge in [0.05, 0.1) is 17.7 Å². The topological polar surface area (TPSA) is 89.9 Å². The van der Waals surface area contributed by atoms with Gasteiger partial charge < -0.3 is 20.4 Å². The van der Waals surface area contributed by atoms with Gasteiger partial charge in [-0.1, -0.05) is 12.1 Å². The zero-order valence-electron chi connectivity index (χ0n) is 12.3. The number of nitrogens with zero attached hydrogens (tertiary/aromatic N) is 1. The van der Waals surface area contributed by atoms with Crippen molar-refractivity contribution in [3.8, 4) is 0 Å². The van der Waals surface area contributed by atoms with Crippen LogP contribution in [-0.4, -0.2) is 45.8 Å². The van der Waals surface area contributed by atoms with Gasteiger partial charge in [-0.25, -0.2) is 9.59 Å². The number of carbonyl (C=O) groups is 2. The molecule has 1 saturated heterocycles. The van der Waals surface area contributed by atoms with Gasteiger partial charge in [-0.2, -0.15) is 0 Å². The van der Waals surface area contributed by atoms with Gasteiger partial charge in [-0.05, 0) is 42.9 Å². The fraction of sp³-hybridized carbons (Fsp3) is 0.500. The van der Waals surface area contributed by atoms with Gasteiger partial charge in [0.2, 0.25) is 0 Å². The predicted molar refractivity (Wildman–Crippen MR) is 79.5 cm³/mol. The van der Waals surface area contributed by atoms with Crippen molar-refractivity contribution >= 4 is 12.0 Å². The Hall–Kier alpha value is -2.08. The Labute approximate surface area is 128 Å². The zero-order valence-corrected chi connectivity index (χ0v) is 12.3. The molecule has 0 bridgehead atoms. The van der Waals surface area contributed by atoms with Gasteiger partial charge in [0.1, 0.15) is 0 Å². The van der Waals surface area contributed by atoms with Crippen LogP contribution < -0.4 is 5.32 Å². The van der Waals surface area contributed by atoms with Crippen LogP contribution in [0.1, 0.15) is 35.2 Å². The molecule has 0 radical (unpaired) electrons. The van der Waals surface area contributed by atoms with Crippen LogP contribution in [0.4, 0.5) is 4.79 Å². The second-order valence-electron chi connectivity index (χ2n) is 6.21. The number of aromatic carboxylic acids is 1. The first-order chi connectivity index (χ1) is 10.5. The van der Waals surface area contributed by atoms with Gasteiger partial charge in [0.25, 0.3) is 0 Å². The van der Waals surface area contributed by atoms with Crippen LogP contribution in [0.15, 0.2) is 24.3 Å². The highest BCUT2D eigenvalue weighted by atomic mass is 16.4. The quantitative estimate of drug-likeness (QED) is 0.785. The maximum absolute atomic E-state index is 12.1. The molecule has 2 amide bonds. The summed E-state index contributed by atoms with van der Waals surface area (Å²) in [7, 11) is 0. The summed E-state index contributed by atoms with van der Waals surface area (Å²) in [5, 5.41) is 22.1. The Balaban J connectivity index is 1.51. The van der Waals surface area contributed by atoms with Gasteiger partial charge in [-0.15, -0.1) is 0 Å². The van der Waals surface area contributed by atoms with Crippen molar-refractivity contribution in [3.05, 3.63) is 35.4 Å². The van der Waals surface area contributed by atoms with Crippen molar-refractivity contribution in [1.29, 1.82) is 0 Å². The van der Waals surface area contributed by atoms with Crippen molar-refractivity contribution in [2.75, 3.05) is 13.1 Å². The smallest absolute Gasteiger partial charge is 0.335 e. The average Bonchev–Trinajstić information content (AvgIpc) is 3.29. The first-order valence-corrected chi connectivity index (χ1v) is 7.55. The summed E-state index contributed by atoms with van der Waals surface area (Å²) in [6.45, 7) is 1.33. The van der Waals surface area contributed by atoms with Crippen LogP contribution in [0, 0.1) is 5.92 Å². The minimum atomic E-state index is -0.966. The van der Waals surface area contributed by atoms with Crippen molar-refractivity contribution in [1.82, 2.24) is 10.2 Å². The van der Waals surface area contributed by atoms with Gasteiger partial charge in [-0.3, -0.25) is 0 Å². The molecule has 6 heteroatoms. The number of β-amino-alcohol motifs (C(OH)–C–C–N with tert-alkyl or cyclic N) is 1. The van der Waals surface area contributed by atoms with Gasteiger partial charge >= 0.3 is 12.0 Å². The summed E-state index contributed by atoms with van der Waals surface area (Å²) >= 11 is 0. The lowest BCUT2D eigenvalue weighted by Crippen LogP contribution is -2.42. The number of carboxylic acids is 1. The third-order valence-corrected chi connectivity index (χ3v) is 4.55. The number of urea groups is 1. The molecule has 22 heavy (non-hydrogen) atoms. The van der Waals surface area contributed by atoms with E-state index in [2.05, 4.69) is 5.32 Å². The lowest BCUT2D eigenvalue weighted by Gasteiger charge is -2.23. The Morgan fingerprint density at radius 1 is 1.27 bits per heavy atom. The first-order valence-electron chi connectivity index (χ1n) is 7.55. The Bertz CT molecular complexity index is 582. The number of aliphatic hydroxyl groups is 1. The number of hydrogen-bond donors (Lipinski definition) is 3. The zero-order chi connectivity index (χ0) is 15.7. The molecule has 1 aromatic carbocycles. The second-order valence-corrected chi connectivity index (χ2v) is 6.21. The molecule has 1 saturated carbocycles. The maximum Gasteiger partial charge on any atom is 0.335 e. The number of hydrogen-bond acceptors (Lipinski definition) is 3. The molecule has 3 N–H and O–H groups in total. The normalized spacial score (nSPS) is 24.3. The minimum Gasteiger partial charge on any atom is -0.478 e. The number of likely N-dealkylation sites (tertiary alicyclic amines) is 1. The summed E-state index contributed by atoms with van der Waals surface area (Å²) in [6.07, 6.45) is 2.77. The van der Waals surface area contributed by atoms with E-state index in [0.29, 0.717) is 32.0 Å². The molecule has 2 fully saturated rings. The molecule has 2 aliphatic rings. The summed E-state index contributed by atoms with van der Waals surface area (Å²) in [6, 6.07) is 6.23. The van der Waals surface area contributed by atoms with Crippen molar-refractivity contribution in [2.45, 2.75) is 31.4 Å². The van der Waals surface area contributed by atoms with E-state index in [4.69, 9.17) is 5.11 Å². The molecule has 0 spiro atoms. The molecular weight excluding hydrogens is 284 g/mol. The van der Waals surface area contributed by atoms with Crippen LogP contribution >= 0.6 is 0 Å². The predicted octanol–water partition coefficient (Wildman–Crippen LogP) is 1.44. The highest BCUT2D eigenvalue weighted by Gasteiger charge is 2.48. The third-order valence-electron chi connectivity index (χ3n) is 4.55. The summed E-state index contributed by atoms with van der Waals surface area (Å²) in [4.78, 5) is 24.6. The van der Waals surface area contributed by atoms with Crippen LogP contribution in [0.25, 0.3) is 0 Å². The van der Waals surface area contributed by atoms with Gasteiger partial charge in [0.15, 0.2) is 0 Å². The molecule has 1 aliphatic carbocycles. The molecule has 1 aliphatic heterocycles. The van der Waals surface area contributed by atoms with E-state index in [0.717, 1.165) is 18.4 Å². The maximum atomic E-state index is 12.1. The summed E-state index contributed by atoms with van der Waals surface area (Å²) in [5.74, 6) is -0.610. The number of benzene rings is 1. The SMILES string of the molecule is O=C(O)c1ccc(CNC(=O)N2CCC(O)(C3CC3)C2)cc1. The number of amides is 2. The fourth-order valence-electron chi connectivity index (χ4n) is 3.00. The monoisotopic (exact) mass is 304 g/mol. The number of rotatable bonds is 4. The molecule has 0 aromatic heterocycles. The largest absolute Gasteiger partial charge is 0.478 e. The lowest BCUT2D eigenvalue weighted by atomic mass is 9.97. The molecule has 3 rings (SSSR count). The fourth-order valence-corrected chi connectivity index (χ4v) is 3.00. The van der Waals surface area contributed by atoms with E-state index in [1.807, 2.05) is 0 Å². The summed E-state index contributed by atoms with van der Waals surface area (Å²) in [5.41, 5.74) is 0.375. The van der Waals surface area contributed by atoms with E-state index >= 15 is 0 Å². The van der Waals surface area contributed by atoms with Crippen LogP contribution in [-0.2, 0) is 6.54 Å². The Morgan fingerprint density at radius 2 is 1.95 bits per heavy atom. The van der Waals surface area contributed by atoms with E-state index in [9.17, 15) is 14.7 Å². The Morgan fingerprint density at radius 3 is 2.55 bits per heavy atom. The molecule has 118 valence electrons. The standard InChI is InChI=1S/C16H20N2O4/c19-14(20)12-3-1-11(2-4-12)9-17-15(21)18-8-7-16(22,10-18)13-5-6-13/h1-4,13,22H,5-10H2,(H,17,21)(H,19,20). The number of carboxylic acid groups (broad SMARTS) is 1. The molecule has 1 aromatic rings. The number of nitrogens with one attached hydrogen (secondary N) is 1. The van der Waals surface area contributed by atoms with Crippen molar-refractivity contribution in [3.63, 3.8) is 0 Å². The average molecular weight is 304 g/mol. The van der Waals surface area contributed by atoms with Crippen LogP contribution in [0.2, 0.25) is 0 Å². The molecular formula is C16H20N2O4. The third kappa shape index (κ3) is 3.06. The molecule has 1 unspecified atom stereocenters. The van der Waals surface area contributed by atoms with Gasteiger partial charge in [0, 0.05) is 13.1 Å². The van der Waals surface area contributed by atoms with E-state index < -0.39 is 11.6 Å². The molecule has 1 atom stereocenters. The highest BCUT2D eigenvalue weighted by Crippen LogP contribution is 2.44. The highest BCUT2D eigenvalue weighted by molar-refractivity contribution is 5.87. The summed E-state index contributed by atoms with van der Waals surface area (Å²) < 4.78 is 0. The molecule has 6 nitrogen and oxygen atoms in total. The van der Waals surface area contributed by atoms with Crippen LogP contribution in [0.3, 0.4) is 0 Å². The van der Waals surface area contributed by atoms with E-state index in [1.54, 1.807) is 17.0 Å². The lowest BCUT2D eigenvalue weighted by molar-refractivity contribution is 0.0301. The minimum absolute atomic E-state index is 0.182. The van der Waals surface area contributed by atoms with Crippen LogP contribution in [0.5, 0.6) is 0 Å². The van der Waals surface area contributed by atoms with Crippen molar-refractivity contribution in [2.24, 2.45) is 5.92 Å². The number of carbonyl (C=O) groups excluding carboxylic acids is 1. The Kier molecular flexibility index (Phi) is 3.78. The molecule has 1 heterocycles.